The lowest BCUT2D eigenvalue weighted by atomic mass is 10.1. The van der Waals surface area contributed by atoms with Crippen molar-refractivity contribution in [3.8, 4) is 0 Å². The molecule has 1 aromatic heterocycles. The summed E-state index contributed by atoms with van der Waals surface area (Å²) in [6.07, 6.45) is 1.75. The highest BCUT2D eigenvalue weighted by atomic mass is 19.1. The average molecular weight is 231 g/mol. The van der Waals surface area contributed by atoms with Crippen LogP contribution in [0.1, 0.15) is 0 Å². The highest BCUT2D eigenvalue weighted by Gasteiger charge is 2.11. The zero-order valence-electron chi connectivity index (χ0n) is 9.49. The van der Waals surface area contributed by atoms with E-state index in [0.717, 1.165) is 42.8 Å². The number of hydrogen-bond acceptors (Lipinski definition) is 3. The molecule has 1 N–H and O–H groups in total. The van der Waals surface area contributed by atoms with Gasteiger partial charge in [0.2, 0.25) is 0 Å². The van der Waals surface area contributed by atoms with E-state index >= 15 is 0 Å². The Morgan fingerprint density at radius 3 is 2.76 bits per heavy atom. The molecule has 17 heavy (non-hydrogen) atoms. The van der Waals surface area contributed by atoms with Crippen LogP contribution in [0.25, 0.3) is 10.8 Å². The van der Waals surface area contributed by atoms with E-state index in [0.29, 0.717) is 0 Å². The summed E-state index contributed by atoms with van der Waals surface area (Å²) in [5.74, 6) is 0.764. The second-order valence-electron chi connectivity index (χ2n) is 4.27. The van der Waals surface area contributed by atoms with Gasteiger partial charge in [0.15, 0.2) is 0 Å². The van der Waals surface area contributed by atoms with Gasteiger partial charge >= 0.3 is 0 Å². The minimum atomic E-state index is -0.214. The number of rotatable bonds is 1. The van der Waals surface area contributed by atoms with Crippen molar-refractivity contribution >= 4 is 16.6 Å². The van der Waals surface area contributed by atoms with Gasteiger partial charge in [0, 0.05) is 37.8 Å². The van der Waals surface area contributed by atoms with Crippen LogP contribution in [-0.2, 0) is 0 Å². The van der Waals surface area contributed by atoms with Gasteiger partial charge in [-0.1, -0.05) is 6.07 Å². The Morgan fingerprint density at radius 2 is 1.94 bits per heavy atom. The molecule has 0 amide bonds. The van der Waals surface area contributed by atoms with Gasteiger partial charge in [-0.05, 0) is 23.6 Å². The van der Waals surface area contributed by atoms with Crippen LogP contribution in [-0.4, -0.2) is 31.2 Å². The maximum absolute atomic E-state index is 13.0. The predicted molar refractivity (Wildman–Crippen MR) is 66.8 cm³/mol. The van der Waals surface area contributed by atoms with Crippen molar-refractivity contribution in [2.75, 3.05) is 31.1 Å². The largest absolute Gasteiger partial charge is 0.354 e. The third-order valence-electron chi connectivity index (χ3n) is 3.11. The molecule has 0 saturated carbocycles. The van der Waals surface area contributed by atoms with E-state index in [1.54, 1.807) is 12.3 Å². The Bertz CT molecular complexity index is 535. The summed E-state index contributed by atoms with van der Waals surface area (Å²) in [5.41, 5.74) is 0. The predicted octanol–water partition coefficient (Wildman–Crippen LogP) is 1.78. The average Bonchev–Trinajstić information content (AvgIpc) is 2.39. The number of anilines is 1. The van der Waals surface area contributed by atoms with Crippen LogP contribution < -0.4 is 10.2 Å². The van der Waals surface area contributed by atoms with Crippen molar-refractivity contribution in [2.45, 2.75) is 0 Å². The molecule has 88 valence electrons. The molecule has 0 aliphatic carbocycles. The molecule has 3 rings (SSSR count). The number of piperazine rings is 1. The minimum Gasteiger partial charge on any atom is -0.354 e. The summed E-state index contributed by atoms with van der Waals surface area (Å²) in [7, 11) is 0. The second-order valence-corrected chi connectivity index (χ2v) is 4.27. The van der Waals surface area contributed by atoms with Gasteiger partial charge in [0.05, 0.1) is 0 Å². The maximum atomic E-state index is 13.0. The number of nitrogens with one attached hydrogen (secondary N) is 1. The minimum absolute atomic E-state index is 0.214. The third-order valence-corrected chi connectivity index (χ3v) is 3.11. The molecule has 3 nitrogen and oxygen atoms in total. The van der Waals surface area contributed by atoms with E-state index in [1.165, 1.54) is 12.1 Å². The third kappa shape index (κ3) is 2.08. The first kappa shape index (κ1) is 10.5. The summed E-state index contributed by atoms with van der Waals surface area (Å²) >= 11 is 0. The first-order valence-corrected chi connectivity index (χ1v) is 5.84. The number of aromatic nitrogens is 1. The fourth-order valence-corrected chi connectivity index (χ4v) is 2.17. The molecule has 2 aromatic rings. The zero-order chi connectivity index (χ0) is 11.7. The maximum Gasteiger partial charge on any atom is 0.129 e. The van der Waals surface area contributed by atoms with Crippen LogP contribution >= 0.6 is 0 Å². The SMILES string of the molecule is Fc1ccc2cc(N3CCNCC3)ncc2c1. The summed E-state index contributed by atoms with van der Waals surface area (Å²) in [5, 5.41) is 5.20. The van der Waals surface area contributed by atoms with Crippen LogP contribution in [0, 0.1) is 5.82 Å². The lowest BCUT2D eigenvalue weighted by Gasteiger charge is -2.28. The van der Waals surface area contributed by atoms with Gasteiger partial charge in [0.25, 0.3) is 0 Å². The highest BCUT2D eigenvalue weighted by molar-refractivity contribution is 5.84. The van der Waals surface area contributed by atoms with Crippen LogP contribution in [0.4, 0.5) is 10.2 Å². The molecule has 0 spiro atoms. The molecule has 0 unspecified atom stereocenters. The quantitative estimate of drug-likeness (QED) is 0.811. The van der Waals surface area contributed by atoms with Gasteiger partial charge in [-0.3, -0.25) is 0 Å². The summed E-state index contributed by atoms with van der Waals surface area (Å²) in [6, 6.07) is 6.84. The van der Waals surface area contributed by atoms with Crippen molar-refractivity contribution in [3.63, 3.8) is 0 Å². The van der Waals surface area contributed by atoms with Gasteiger partial charge in [-0.2, -0.15) is 0 Å². The summed E-state index contributed by atoms with van der Waals surface area (Å²) in [4.78, 5) is 6.65. The molecule has 1 aliphatic rings. The molecule has 1 aliphatic heterocycles. The van der Waals surface area contributed by atoms with Crippen molar-refractivity contribution in [1.82, 2.24) is 10.3 Å². The van der Waals surface area contributed by atoms with Crippen LogP contribution in [0.2, 0.25) is 0 Å². The van der Waals surface area contributed by atoms with E-state index in [4.69, 9.17) is 0 Å². The van der Waals surface area contributed by atoms with E-state index < -0.39 is 0 Å². The zero-order valence-corrected chi connectivity index (χ0v) is 9.49. The van der Waals surface area contributed by atoms with Gasteiger partial charge < -0.3 is 10.2 Å². The molecule has 1 aromatic carbocycles. The normalized spacial score (nSPS) is 16.4. The van der Waals surface area contributed by atoms with Gasteiger partial charge in [0.1, 0.15) is 11.6 Å². The van der Waals surface area contributed by atoms with Crippen molar-refractivity contribution < 1.29 is 4.39 Å². The first-order chi connectivity index (χ1) is 8.33. The van der Waals surface area contributed by atoms with Crippen LogP contribution in [0.15, 0.2) is 30.5 Å². The molecule has 4 heteroatoms. The van der Waals surface area contributed by atoms with Gasteiger partial charge in [-0.15, -0.1) is 0 Å². The Balaban J connectivity index is 1.98. The number of nitrogens with zero attached hydrogens (tertiary/aromatic N) is 2. The fraction of sp³-hybridized carbons (Fsp3) is 0.308. The Morgan fingerprint density at radius 1 is 1.12 bits per heavy atom. The summed E-state index contributed by atoms with van der Waals surface area (Å²) < 4.78 is 13.0. The van der Waals surface area contributed by atoms with Crippen molar-refractivity contribution in [2.24, 2.45) is 0 Å². The smallest absolute Gasteiger partial charge is 0.129 e. The number of hydrogen-bond donors (Lipinski definition) is 1. The van der Waals surface area contributed by atoms with Crippen molar-refractivity contribution in [1.29, 1.82) is 0 Å². The number of halogens is 1. The number of benzene rings is 1. The molecule has 1 saturated heterocycles. The van der Waals surface area contributed by atoms with E-state index in [2.05, 4.69) is 15.2 Å². The Labute approximate surface area is 99.3 Å². The number of pyridine rings is 1. The lowest BCUT2D eigenvalue weighted by Crippen LogP contribution is -2.43. The fourth-order valence-electron chi connectivity index (χ4n) is 2.17. The molecule has 2 heterocycles. The Kier molecular flexibility index (Phi) is 2.65. The molecule has 0 radical (unpaired) electrons. The molecule has 0 bridgehead atoms. The topological polar surface area (TPSA) is 28.2 Å². The molecular weight excluding hydrogens is 217 g/mol. The first-order valence-electron chi connectivity index (χ1n) is 5.84. The van der Waals surface area contributed by atoms with Crippen molar-refractivity contribution in [3.05, 3.63) is 36.3 Å². The highest BCUT2D eigenvalue weighted by Crippen LogP contribution is 2.20. The monoisotopic (exact) mass is 231 g/mol. The Hall–Kier alpha value is -1.68. The summed E-state index contributed by atoms with van der Waals surface area (Å²) in [6.45, 7) is 3.92. The molecule has 1 fully saturated rings. The lowest BCUT2D eigenvalue weighted by molar-refractivity contribution is 0.585. The van der Waals surface area contributed by atoms with E-state index in [1.807, 2.05) is 6.07 Å². The van der Waals surface area contributed by atoms with Crippen LogP contribution in [0.5, 0.6) is 0 Å². The van der Waals surface area contributed by atoms with Gasteiger partial charge in [-0.25, -0.2) is 9.37 Å². The number of fused-ring (bicyclic) bond motifs is 1. The second kappa shape index (κ2) is 4.30. The molecular formula is C13H14FN3. The standard InChI is InChI=1S/C13H14FN3/c14-12-2-1-10-8-13(16-9-11(10)7-12)17-5-3-15-4-6-17/h1-2,7-9,15H,3-6H2. The molecule has 0 atom stereocenters. The van der Waals surface area contributed by atoms with Crippen LogP contribution in [0.3, 0.4) is 0 Å². The van der Waals surface area contributed by atoms with E-state index in [-0.39, 0.29) is 5.82 Å². The van der Waals surface area contributed by atoms with E-state index in [9.17, 15) is 4.39 Å².